The maximum absolute atomic E-state index is 13.3. The van der Waals surface area contributed by atoms with E-state index in [9.17, 15) is 28.3 Å². The molecule has 0 aliphatic carbocycles. The number of likely N-dealkylation sites (tertiary alicyclic amines) is 1. The SMILES string of the molecule is O=C1NC(=O)C2(CN(C(=O)c3cccnc3)CC2NC(=O)c2ccc(CN3CCS(O)(O)c4ccccc43)cc2)N1. The molecule has 1 spiro atoms. The van der Waals surface area contributed by atoms with Crippen molar-refractivity contribution in [2.75, 3.05) is 30.3 Å². The first-order chi connectivity index (χ1) is 19.7. The van der Waals surface area contributed by atoms with E-state index in [1.807, 2.05) is 24.3 Å². The molecule has 6 rings (SSSR count). The van der Waals surface area contributed by atoms with Crippen molar-refractivity contribution in [1.29, 1.82) is 0 Å². The number of amides is 5. The minimum Gasteiger partial charge on any atom is -0.364 e. The van der Waals surface area contributed by atoms with Crippen LogP contribution in [0.15, 0.2) is 78.0 Å². The van der Waals surface area contributed by atoms with Crippen LogP contribution in [-0.4, -0.2) is 79.7 Å². The van der Waals surface area contributed by atoms with Gasteiger partial charge in [-0.1, -0.05) is 24.3 Å². The van der Waals surface area contributed by atoms with E-state index in [0.717, 1.165) is 11.3 Å². The molecule has 2 atom stereocenters. The molecule has 2 fully saturated rings. The molecule has 1 aromatic heterocycles. The van der Waals surface area contributed by atoms with Gasteiger partial charge in [0.05, 0.1) is 34.5 Å². The van der Waals surface area contributed by atoms with Crippen molar-refractivity contribution in [2.24, 2.45) is 0 Å². The van der Waals surface area contributed by atoms with Gasteiger partial charge in [-0.25, -0.2) is 4.79 Å². The van der Waals surface area contributed by atoms with Gasteiger partial charge < -0.3 is 20.4 Å². The van der Waals surface area contributed by atoms with Crippen molar-refractivity contribution >= 4 is 40.0 Å². The predicted molar refractivity (Wildman–Crippen MR) is 151 cm³/mol. The van der Waals surface area contributed by atoms with Crippen LogP contribution in [0.1, 0.15) is 26.3 Å². The van der Waals surface area contributed by atoms with Crippen LogP contribution in [0.3, 0.4) is 0 Å². The molecule has 12 nitrogen and oxygen atoms in total. The summed E-state index contributed by atoms with van der Waals surface area (Å²) in [5.74, 6) is -1.18. The van der Waals surface area contributed by atoms with Crippen molar-refractivity contribution < 1.29 is 28.3 Å². The third-order valence-electron chi connectivity index (χ3n) is 7.70. The molecule has 13 heteroatoms. The first kappa shape index (κ1) is 26.7. The fourth-order valence-corrected chi connectivity index (χ4v) is 7.08. The number of hydrogen-bond donors (Lipinski definition) is 5. The summed E-state index contributed by atoms with van der Waals surface area (Å²) in [7, 11) is -2.82. The van der Waals surface area contributed by atoms with E-state index in [1.54, 1.807) is 42.6 Å². The molecule has 41 heavy (non-hydrogen) atoms. The molecule has 4 heterocycles. The lowest BCUT2D eigenvalue weighted by atomic mass is 9.93. The average Bonchev–Trinajstić information content (AvgIpc) is 3.48. The molecule has 5 N–H and O–H groups in total. The van der Waals surface area contributed by atoms with Crippen LogP contribution in [0.2, 0.25) is 0 Å². The second-order valence-electron chi connectivity index (χ2n) is 10.3. The zero-order valence-electron chi connectivity index (χ0n) is 21.8. The van der Waals surface area contributed by atoms with Crippen LogP contribution in [0.25, 0.3) is 0 Å². The zero-order chi connectivity index (χ0) is 28.8. The van der Waals surface area contributed by atoms with E-state index in [2.05, 4.69) is 25.8 Å². The Kier molecular flexibility index (Phi) is 6.64. The van der Waals surface area contributed by atoms with Gasteiger partial charge in [0.25, 0.3) is 17.7 Å². The highest BCUT2D eigenvalue weighted by molar-refractivity contribution is 8.24. The monoisotopic (exact) mass is 576 g/mol. The van der Waals surface area contributed by atoms with Gasteiger partial charge in [0.1, 0.15) is 0 Å². The number of anilines is 1. The summed E-state index contributed by atoms with van der Waals surface area (Å²) in [6, 6.07) is 15.9. The number of benzene rings is 2. The molecule has 0 saturated carbocycles. The van der Waals surface area contributed by atoms with Gasteiger partial charge in [-0.15, -0.1) is 0 Å². The van der Waals surface area contributed by atoms with Gasteiger partial charge in [-0.2, -0.15) is 10.6 Å². The number of para-hydroxylation sites is 1. The van der Waals surface area contributed by atoms with Crippen molar-refractivity contribution in [3.05, 3.63) is 89.7 Å². The third kappa shape index (κ3) is 4.88. The Balaban J connectivity index is 1.17. The zero-order valence-corrected chi connectivity index (χ0v) is 22.6. The quantitative estimate of drug-likeness (QED) is 0.288. The number of nitrogens with one attached hydrogen (secondary N) is 3. The summed E-state index contributed by atoms with van der Waals surface area (Å²) in [6.07, 6.45) is 2.96. The van der Waals surface area contributed by atoms with Crippen LogP contribution < -0.4 is 20.9 Å². The first-order valence-electron chi connectivity index (χ1n) is 13.0. The van der Waals surface area contributed by atoms with Crippen molar-refractivity contribution in [3.8, 4) is 0 Å². The Morgan fingerprint density at radius 2 is 1.83 bits per heavy atom. The number of nitrogens with zero attached hydrogens (tertiary/aromatic N) is 3. The van der Waals surface area contributed by atoms with Crippen LogP contribution in [-0.2, 0) is 11.3 Å². The number of imide groups is 1. The highest BCUT2D eigenvalue weighted by atomic mass is 32.3. The number of urea groups is 1. The molecule has 3 aliphatic heterocycles. The molecule has 3 aliphatic rings. The normalized spacial score (nSPS) is 23.5. The molecule has 2 aromatic carbocycles. The largest absolute Gasteiger partial charge is 0.364 e. The fraction of sp³-hybridized carbons (Fsp3) is 0.250. The summed E-state index contributed by atoms with van der Waals surface area (Å²) in [6.45, 7) is 0.897. The lowest BCUT2D eigenvalue weighted by molar-refractivity contribution is -0.124. The number of aromatic nitrogens is 1. The van der Waals surface area contributed by atoms with E-state index in [0.29, 0.717) is 29.1 Å². The molecule has 212 valence electrons. The van der Waals surface area contributed by atoms with Gasteiger partial charge in [0.15, 0.2) is 5.54 Å². The standard InChI is InChI=1S/C28H28N6O6S/c35-24(19-9-7-18(8-10-19)15-33-12-13-41(39,40)22-6-2-1-5-21(22)33)30-23-16-34(25(36)20-4-3-11-29-14-20)17-28(23)26(37)31-27(38)32-28/h1-11,14,23,39-40H,12-13,15-17H2,(H,30,35)(H2,31,32,37,38). The Hall–Kier alpha value is -4.46. The van der Waals surface area contributed by atoms with Crippen LogP contribution in [0, 0.1) is 0 Å². The molecule has 5 amide bonds. The number of carbonyl (C=O) groups is 4. The van der Waals surface area contributed by atoms with E-state index in [-0.39, 0.29) is 24.7 Å². The van der Waals surface area contributed by atoms with Crippen LogP contribution in [0.4, 0.5) is 10.5 Å². The number of hydrogen-bond acceptors (Lipinski definition) is 8. The number of carbonyl (C=O) groups excluding carboxylic acids is 4. The van der Waals surface area contributed by atoms with Crippen molar-refractivity contribution in [2.45, 2.75) is 23.0 Å². The van der Waals surface area contributed by atoms with Gasteiger partial charge in [-0.3, -0.25) is 33.8 Å². The van der Waals surface area contributed by atoms with Gasteiger partial charge in [0, 0.05) is 37.6 Å². The van der Waals surface area contributed by atoms with Crippen LogP contribution >= 0.6 is 10.6 Å². The highest BCUT2D eigenvalue weighted by Gasteiger charge is 2.58. The lowest BCUT2D eigenvalue weighted by Crippen LogP contribution is -2.62. The smallest absolute Gasteiger partial charge is 0.322 e. The van der Waals surface area contributed by atoms with Crippen molar-refractivity contribution in [1.82, 2.24) is 25.8 Å². The van der Waals surface area contributed by atoms with Gasteiger partial charge in [-0.05, 0) is 42.0 Å². The number of rotatable bonds is 5. The molecule has 0 bridgehead atoms. The van der Waals surface area contributed by atoms with E-state index in [1.165, 1.54) is 11.1 Å². The Morgan fingerprint density at radius 1 is 1.05 bits per heavy atom. The number of pyridine rings is 1. The van der Waals surface area contributed by atoms with Crippen LogP contribution in [0.5, 0.6) is 0 Å². The molecule has 2 unspecified atom stereocenters. The van der Waals surface area contributed by atoms with Crippen molar-refractivity contribution in [3.63, 3.8) is 0 Å². The Morgan fingerprint density at radius 3 is 2.54 bits per heavy atom. The highest BCUT2D eigenvalue weighted by Crippen LogP contribution is 2.55. The van der Waals surface area contributed by atoms with Gasteiger partial charge in [0.2, 0.25) is 0 Å². The Bertz CT molecular complexity index is 1530. The van der Waals surface area contributed by atoms with E-state index < -0.39 is 40.0 Å². The maximum atomic E-state index is 13.3. The summed E-state index contributed by atoms with van der Waals surface area (Å²) in [5, 5.41) is 7.70. The lowest BCUT2D eigenvalue weighted by Gasteiger charge is -2.43. The fourth-order valence-electron chi connectivity index (χ4n) is 5.56. The summed E-state index contributed by atoms with van der Waals surface area (Å²) in [5.41, 5.74) is 0.871. The molecule has 3 aromatic rings. The minimum absolute atomic E-state index is 0.0127. The molecular weight excluding hydrogens is 548 g/mol. The predicted octanol–water partition coefficient (Wildman–Crippen LogP) is 2.04. The topological polar surface area (TPSA) is 164 Å². The van der Waals surface area contributed by atoms with Gasteiger partial charge >= 0.3 is 6.03 Å². The van der Waals surface area contributed by atoms with E-state index >= 15 is 0 Å². The molecular formula is C28H28N6O6S. The summed E-state index contributed by atoms with van der Waals surface area (Å²) in [4.78, 5) is 59.3. The van der Waals surface area contributed by atoms with E-state index in [4.69, 9.17) is 0 Å². The summed E-state index contributed by atoms with van der Waals surface area (Å²) < 4.78 is 20.9. The molecule has 2 saturated heterocycles. The average molecular weight is 577 g/mol. The minimum atomic E-state index is -2.82. The Labute approximate surface area is 237 Å². The number of fused-ring (bicyclic) bond motifs is 1. The summed E-state index contributed by atoms with van der Waals surface area (Å²) >= 11 is 0. The maximum Gasteiger partial charge on any atom is 0.322 e. The second kappa shape index (κ2) is 10.2. The first-order valence-corrected chi connectivity index (χ1v) is 14.7. The third-order valence-corrected chi connectivity index (χ3v) is 9.50. The molecule has 0 radical (unpaired) electrons. The second-order valence-corrected chi connectivity index (χ2v) is 12.5.